The van der Waals surface area contributed by atoms with Gasteiger partial charge in [-0.05, 0) is 23.3 Å². The third-order valence-corrected chi connectivity index (χ3v) is 3.98. The first-order valence-corrected chi connectivity index (χ1v) is 8.08. The molecule has 3 rings (SSSR count). The van der Waals surface area contributed by atoms with Crippen molar-refractivity contribution in [2.24, 2.45) is 0 Å². The predicted molar refractivity (Wildman–Crippen MR) is 90.6 cm³/mol. The molecule has 0 radical (unpaired) electrons. The van der Waals surface area contributed by atoms with Crippen LogP contribution in [-0.4, -0.2) is 55.6 Å². The van der Waals surface area contributed by atoms with Gasteiger partial charge >= 0.3 is 0 Å². The number of aliphatic hydroxyl groups excluding tert-OH is 1. The Bertz CT molecular complexity index is 579. The Hall–Kier alpha value is -1.88. The summed E-state index contributed by atoms with van der Waals surface area (Å²) in [7, 11) is 0. The first-order valence-electron chi connectivity index (χ1n) is 8.08. The molecule has 1 saturated heterocycles. The van der Waals surface area contributed by atoms with Crippen molar-refractivity contribution >= 4 is 0 Å². The molecule has 1 aliphatic heterocycles. The van der Waals surface area contributed by atoms with Crippen LogP contribution in [0.2, 0.25) is 0 Å². The molecule has 0 spiro atoms. The highest BCUT2D eigenvalue weighted by Crippen LogP contribution is 2.22. The van der Waals surface area contributed by atoms with Crippen LogP contribution < -0.4 is 4.74 Å². The molecule has 0 saturated carbocycles. The molecule has 2 aromatic rings. The van der Waals surface area contributed by atoms with E-state index in [1.807, 2.05) is 42.5 Å². The third kappa shape index (κ3) is 4.79. The Morgan fingerprint density at radius 1 is 0.957 bits per heavy atom. The van der Waals surface area contributed by atoms with Crippen molar-refractivity contribution in [2.75, 3.05) is 39.5 Å². The fraction of sp³-hybridized carbons (Fsp3) is 0.368. The molecular weight excluding hydrogens is 290 g/mol. The van der Waals surface area contributed by atoms with Gasteiger partial charge in [0.2, 0.25) is 0 Å². The third-order valence-electron chi connectivity index (χ3n) is 3.98. The van der Waals surface area contributed by atoms with Gasteiger partial charge in [-0.25, -0.2) is 0 Å². The Morgan fingerprint density at radius 2 is 1.61 bits per heavy atom. The smallest absolute Gasteiger partial charge is 0.119 e. The van der Waals surface area contributed by atoms with Gasteiger partial charge in [-0.15, -0.1) is 0 Å². The Labute approximate surface area is 137 Å². The van der Waals surface area contributed by atoms with Crippen molar-refractivity contribution in [3.05, 3.63) is 54.6 Å². The highest BCUT2D eigenvalue weighted by molar-refractivity contribution is 5.63. The summed E-state index contributed by atoms with van der Waals surface area (Å²) >= 11 is 0. The second-order valence-electron chi connectivity index (χ2n) is 5.77. The van der Waals surface area contributed by atoms with Gasteiger partial charge in [0, 0.05) is 19.6 Å². The number of benzene rings is 2. The Balaban J connectivity index is 1.48. The maximum atomic E-state index is 10.1. The van der Waals surface area contributed by atoms with Gasteiger partial charge in [0.25, 0.3) is 0 Å². The standard InChI is InChI=1S/C19H23NO3/c21-18(14-20-10-12-22-13-11-20)15-23-19-8-6-17(7-9-19)16-4-2-1-3-5-16/h1-9,18,21H,10-15H2/t18-/m0/s1. The molecule has 0 bridgehead atoms. The van der Waals surface area contributed by atoms with Crippen molar-refractivity contribution in [3.63, 3.8) is 0 Å². The lowest BCUT2D eigenvalue weighted by Crippen LogP contribution is -2.42. The van der Waals surface area contributed by atoms with E-state index >= 15 is 0 Å². The van der Waals surface area contributed by atoms with E-state index in [2.05, 4.69) is 17.0 Å². The summed E-state index contributed by atoms with van der Waals surface area (Å²) in [6.07, 6.45) is -0.484. The molecule has 4 nitrogen and oxygen atoms in total. The van der Waals surface area contributed by atoms with Crippen LogP contribution in [0.15, 0.2) is 54.6 Å². The predicted octanol–water partition coefficient (Wildman–Crippen LogP) is 2.43. The molecule has 1 fully saturated rings. The lowest BCUT2D eigenvalue weighted by atomic mass is 10.1. The van der Waals surface area contributed by atoms with E-state index in [0.717, 1.165) is 37.6 Å². The fourth-order valence-electron chi connectivity index (χ4n) is 2.70. The maximum Gasteiger partial charge on any atom is 0.119 e. The number of hydrogen-bond donors (Lipinski definition) is 1. The topological polar surface area (TPSA) is 41.9 Å². The highest BCUT2D eigenvalue weighted by atomic mass is 16.5. The summed E-state index contributed by atoms with van der Waals surface area (Å²) in [5.74, 6) is 0.783. The maximum absolute atomic E-state index is 10.1. The summed E-state index contributed by atoms with van der Waals surface area (Å²) in [6, 6.07) is 18.2. The largest absolute Gasteiger partial charge is 0.491 e. The minimum atomic E-state index is -0.484. The molecule has 1 aliphatic rings. The van der Waals surface area contributed by atoms with Crippen LogP contribution in [0.3, 0.4) is 0 Å². The Morgan fingerprint density at radius 3 is 2.30 bits per heavy atom. The zero-order valence-corrected chi connectivity index (χ0v) is 13.2. The molecule has 0 amide bonds. The molecule has 1 N–H and O–H groups in total. The molecule has 122 valence electrons. The van der Waals surface area contributed by atoms with Gasteiger partial charge in [-0.3, -0.25) is 4.90 Å². The summed E-state index contributed by atoms with van der Waals surface area (Å²) in [6.45, 7) is 4.18. The summed E-state index contributed by atoms with van der Waals surface area (Å²) < 4.78 is 11.0. The van der Waals surface area contributed by atoms with Crippen LogP contribution in [0.25, 0.3) is 11.1 Å². The lowest BCUT2D eigenvalue weighted by molar-refractivity contribution is 0.00466. The van der Waals surface area contributed by atoms with Gasteiger partial charge in [-0.2, -0.15) is 0 Å². The number of morpholine rings is 1. The second-order valence-corrected chi connectivity index (χ2v) is 5.77. The molecule has 1 atom stereocenters. The molecule has 1 heterocycles. The first kappa shape index (κ1) is 16.0. The quantitative estimate of drug-likeness (QED) is 0.889. The van der Waals surface area contributed by atoms with Gasteiger partial charge in [0.1, 0.15) is 18.5 Å². The molecule has 4 heteroatoms. The van der Waals surface area contributed by atoms with Crippen molar-refractivity contribution in [1.29, 1.82) is 0 Å². The van der Waals surface area contributed by atoms with E-state index in [9.17, 15) is 5.11 Å². The van der Waals surface area contributed by atoms with Gasteiger partial charge in [-0.1, -0.05) is 42.5 Å². The second kappa shape index (κ2) is 8.11. The van der Waals surface area contributed by atoms with Crippen molar-refractivity contribution in [3.8, 4) is 16.9 Å². The SMILES string of the molecule is O[C@H](COc1ccc(-c2ccccc2)cc1)CN1CCOCC1. The van der Waals surface area contributed by atoms with Gasteiger partial charge in [0.15, 0.2) is 0 Å². The van der Waals surface area contributed by atoms with Crippen LogP contribution >= 0.6 is 0 Å². The fourth-order valence-corrected chi connectivity index (χ4v) is 2.70. The number of ether oxygens (including phenoxy) is 2. The zero-order chi connectivity index (χ0) is 15.9. The van der Waals surface area contributed by atoms with E-state index < -0.39 is 6.10 Å². The van der Waals surface area contributed by atoms with Gasteiger partial charge in [0.05, 0.1) is 13.2 Å². The number of β-amino-alcohol motifs (C(OH)–C–C–N with tert-alkyl or cyclic N) is 1. The normalized spacial score (nSPS) is 16.9. The van der Waals surface area contributed by atoms with Crippen LogP contribution in [0.4, 0.5) is 0 Å². The summed E-state index contributed by atoms with van der Waals surface area (Å²) in [5.41, 5.74) is 2.35. The zero-order valence-electron chi connectivity index (χ0n) is 13.2. The number of hydrogen-bond acceptors (Lipinski definition) is 4. The van der Waals surface area contributed by atoms with Crippen LogP contribution in [0.1, 0.15) is 0 Å². The number of rotatable bonds is 6. The highest BCUT2D eigenvalue weighted by Gasteiger charge is 2.15. The van der Waals surface area contributed by atoms with Crippen LogP contribution in [0.5, 0.6) is 5.75 Å². The molecule has 23 heavy (non-hydrogen) atoms. The van der Waals surface area contributed by atoms with Crippen molar-refractivity contribution in [2.45, 2.75) is 6.10 Å². The molecule has 0 unspecified atom stereocenters. The Kier molecular flexibility index (Phi) is 5.64. The molecular formula is C19H23NO3. The van der Waals surface area contributed by atoms with Crippen molar-refractivity contribution in [1.82, 2.24) is 4.90 Å². The number of nitrogens with zero attached hydrogens (tertiary/aromatic N) is 1. The molecule has 0 aliphatic carbocycles. The average molecular weight is 313 g/mol. The van der Waals surface area contributed by atoms with Gasteiger partial charge < -0.3 is 14.6 Å². The van der Waals surface area contributed by atoms with Crippen molar-refractivity contribution < 1.29 is 14.6 Å². The first-order chi connectivity index (χ1) is 11.3. The van der Waals surface area contributed by atoms with E-state index in [0.29, 0.717) is 13.2 Å². The van der Waals surface area contributed by atoms with E-state index in [4.69, 9.17) is 9.47 Å². The minimum Gasteiger partial charge on any atom is -0.491 e. The summed E-state index contributed by atoms with van der Waals surface area (Å²) in [4.78, 5) is 2.20. The summed E-state index contributed by atoms with van der Waals surface area (Å²) in [5, 5.41) is 10.1. The molecule has 2 aromatic carbocycles. The van der Waals surface area contributed by atoms with E-state index in [1.165, 1.54) is 5.56 Å². The van der Waals surface area contributed by atoms with E-state index in [-0.39, 0.29) is 0 Å². The average Bonchev–Trinajstić information content (AvgIpc) is 2.62. The monoisotopic (exact) mass is 313 g/mol. The van der Waals surface area contributed by atoms with Crippen LogP contribution in [0, 0.1) is 0 Å². The molecule has 0 aromatic heterocycles. The van der Waals surface area contributed by atoms with Crippen LogP contribution in [-0.2, 0) is 4.74 Å². The lowest BCUT2D eigenvalue weighted by Gasteiger charge is -2.28. The number of aliphatic hydroxyl groups is 1. The minimum absolute atomic E-state index is 0.308. The van der Waals surface area contributed by atoms with E-state index in [1.54, 1.807) is 0 Å².